The SMILES string of the molecule is CCCCCCCCC=CCCCCCCCC(=O)[N+](C)(C)OP(=O)([O-])OCC. The summed E-state index contributed by atoms with van der Waals surface area (Å²) in [6, 6.07) is 0. The fourth-order valence-electron chi connectivity index (χ4n) is 3.09. The van der Waals surface area contributed by atoms with Crippen molar-refractivity contribution in [1.82, 2.24) is 0 Å². The molecule has 0 radical (unpaired) electrons. The molecular formula is C22H44NO5P. The van der Waals surface area contributed by atoms with Gasteiger partial charge in [0.2, 0.25) is 0 Å². The van der Waals surface area contributed by atoms with Crippen molar-refractivity contribution < 1.29 is 28.0 Å². The lowest BCUT2D eigenvalue weighted by atomic mass is 10.1. The third kappa shape index (κ3) is 16.9. The standard InChI is InChI=1S/C22H44NO5P/c1-5-7-8-9-10-11-12-13-14-15-16-17-18-19-20-21-22(24)23(3,4)28-29(25,26)27-6-2/h13-14H,5-12,15-21H2,1-4H3. The zero-order valence-electron chi connectivity index (χ0n) is 19.2. The Kier molecular flexibility index (Phi) is 16.9. The molecule has 29 heavy (non-hydrogen) atoms. The average Bonchev–Trinajstić information content (AvgIpc) is 2.63. The molecule has 7 heteroatoms. The minimum absolute atomic E-state index is 0.0107. The first-order valence-electron chi connectivity index (χ1n) is 11.4. The van der Waals surface area contributed by atoms with Crippen molar-refractivity contribution in [2.45, 2.75) is 104 Å². The van der Waals surface area contributed by atoms with E-state index >= 15 is 0 Å². The van der Waals surface area contributed by atoms with E-state index in [1.54, 1.807) is 6.92 Å². The maximum Gasteiger partial charge on any atom is 0.345 e. The summed E-state index contributed by atoms with van der Waals surface area (Å²) in [5.41, 5.74) is 0. The molecule has 172 valence electrons. The van der Waals surface area contributed by atoms with Gasteiger partial charge < -0.3 is 9.42 Å². The summed E-state index contributed by atoms with van der Waals surface area (Å²) in [5.74, 6) is -0.265. The Hall–Kier alpha value is -0.520. The lowest BCUT2D eigenvalue weighted by Crippen LogP contribution is -2.45. The Morgan fingerprint density at radius 1 is 0.862 bits per heavy atom. The smallest absolute Gasteiger partial charge is 0.345 e. The van der Waals surface area contributed by atoms with Gasteiger partial charge in [0.25, 0.3) is 0 Å². The van der Waals surface area contributed by atoms with Gasteiger partial charge in [0.05, 0.1) is 13.0 Å². The predicted octanol–water partition coefficient (Wildman–Crippen LogP) is 6.06. The number of carbonyl (C=O) groups excluding carboxylic acids is 1. The van der Waals surface area contributed by atoms with Gasteiger partial charge in [0, 0.05) is 0 Å². The highest BCUT2D eigenvalue weighted by atomic mass is 31.2. The van der Waals surface area contributed by atoms with Gasteiger partial charge in [-0.15, -0.1) is 9.27 Å². The van der Waals surface area contributed by atoms with E-state index in [9.17, 15) is 14.3 Å². The number of hydrogen-bond donors (Lipinski definition) is 0. The Labute approximate surface area is 178 Å². The van der Waals surface area contributed by atoms with Crippen LogP contribution in [0.2, 0.25) is 0 Å². The van der Waals surface area contributed by atoms with Crippen LogP contribution in [0.25, 0.3) is 0 Å². The van der Waals surface area contributed by atoms with Crippen molar-refractivity contribution in [3.05, 3.63) is 12.2 Å². The molecule has 0 heterocycles. The molecule has 0 fully saturated rings. The number of carbonyl (C=O) groups is 1. The highest BCUT2D eigenvalue weighted by Gasteiger charge is 2.33. The normalized spacial score (nSPS) is 14.4. The molecule has 0 aromatic carbocycles. The molecule has 1 amide bonds. The van der Waals surface area contributed by atoms with E-state index in [0.29, 0.717) is 6.42 Å². The Morgan fingerprint density at radius 2 is 1.34 bits per heavy atom. The number of quaternary nitrogens is 1. The number of unbranched alkanes of at least 4 members (excludes halogenated alkanes) is 11. The molecule has 0 aromatic rings. The first-order chi connectivity index (χ1) is 13.7. The first kappa shape index (κ1) is 28.5. The van der Waals surface area contributed by atoms with Crippen molar-refractivity contribution in [2.75, 3.05) is 20.7 Å². The molecule has 1 unspecified atom stereocenters. The summed E-state index contributed by atoms with van der Waals surface area (Å²) in [5, 5.41) is 0. The monoisotopic (exact) mass is 433 g/mol. The van der Waals surface area contributed by atoms with Crippen LogP contribution in [-0.4, -0.2) is 31.3 Å². The van der Waals surface area contributed by atoms with Crippen molar-refractivity contribution in [3.63, 3.8) is 0 Å². The number of nitrogens with zero attached hydrogens (tertiary/aromatic N) is 1. The summed E-state index contributed by atoms with van der Waals surface area (Å²) in [6.07, 6.45) is 20.5. The largest absolute Gasteiger partial charge is 0.752 e. The lowest BCUT2D eigenvalue weighted by molar-refractivity contribution is -0.990. The van der Waals surface area contributed by atoms with E-state index in [2.05, 4.69) is 23.6 Å². The quantitative estimate of drug-likeness (QED) is 0.0813. The van der Waals surface area contributed by atoms with Gasteiger partial charge in [0.1, 0.15) is 14.1 Å². The zero-order chi connectivity index (χ0) is 22.0. The van der Waals surface area contributed by atoms with Crippen molar-refractivity contribution >= 4 is 13.7 Å². The maximum atomic E-state index is 12.2. The van der Waals surface area contributed by atoms with Gasteiger partial charge in [-0.3, -0.25) is 4.57 Å². The minimum Gasteiger partial charge on any atom is -0.752 e. The Balaban J connectivity index is 3.65. The average molecular weight is 434 g/mol. The van der Waals surface area contributed by atoms with E-state index in [-0.39, 0.29) is 12.5 Å². The number of allylic oxidation sites excluding steroid dienone is 2. The third-order valence-electron chi connectivity index (χ3n) is 4.84. The van der Waals surface area contributed by atoms with Crippen molar-refractivity contribution in [3.8, 4) is 0 Å². The molecule has 0 aromatic heterocycles. The minimum atomic E-state index is -4.45. The van der Waals surface area contributed by atoms with Crippen LogP contribution in [0.1, 0.15) is 104 Å². The fourth-order valence-corrected chi connectivity index (χ4v) is 4.05. The van der Waals surface area contributed by atoms with Crippen LogP contribution in [0.4, 0.5) is 0 Å². The summed E-state index contributed by atoms with van der Waals surface area (Å²) in [4.78, 5) is 23.8. The van der Waals surface area contributed by atoms with Crippen LogP contribution in [0.5, 0.6) is 0 Å². The number of rotatable bonds is 19. The Morgan fingerprint density at radius 3 is 1.86 bits per heavy atom. The van der Waals surface area contributed by atoms with Gasteiger partial charge in [-0.25, -0.2) is 4.79 Å². The highest BCUT2D eigenvalue weighted by Crippen LogP contribution is 2.41. The summed E-state index contributed by atoms with van der Waals surface area (Å²) >= 11 is 0. The molecule has 1 atom stereocenters. The van der Waals surface area contributed by atoms with Gasteiger partial charge in [-0.1, -0.05) is 70.4 Å². The molecule has 0 rings (SSSR count). The number of phosphoric ester groups is 1. The van der Waals surface area contributed by atoms with Crippen LogP contribution < -0.4 is 4.89 Å². The molecule has 0 aliphatic heterocycles. The van der Waals surface area contributed by atoms with Crippen molar-refractivity contribution in [2.24, 2.45) is 0 Å². The molecule has 0 bridgehead atoms. The van der Waals surface area contributed by atoms with Crippen LogP contribution in [0, 0.1) is 0 Å². The van der Waals surface area contributed by atoms with Crippen LogP contribution in [0.3, 0.4) is 0 Å². The van der Waals surface area contributed by atoms with E-state index in [4.69, 9.17) is 4.62 Å². The van der Waals surface area contributed by atoms with Crippen LogP contribution >= 0.6 is 7.82 Å². The lowest BCUT2D eigenvalue weighted by Gasteiger charge is -2.30. The number of phosphoric acid groups is 1. The van der Waals surface area contributed by atoms with E-state index in [0.717, 1.165) is 32.1 Å². The predicted molar refractivity (Wildman–Crippen MR) is 117 cm³/mol. The summed E-state index contributed by atoms with van der Waals surface area (Å²) in [6.45, 7) is 3.79. The van der Waals surface area contributed by atoms with Gasteiger partial charge in [-0.05, 0) is 39.0 Å². The molecular weight excluding hydrogens is 389 g/mol. The number of hydroxylamine groups is 3. The molecule has 0 aliphatic rings. The second-order valence-corrected chi connectivity index (χ2v) is 9.34. The fraction of sp³-hybridized carbons (Fsp3) is 0.864. The Bertz CT molecular complexity index is 494. The third-order valence-corrected chi connectivity index (χ3v) is 6.03. The van der Waals surface area contributed by atoms with Crippen LogP contribution in [-0.2, 0) is 18.5 Å². The summed E-state index contributed by atoms with van der Waals surface area (Å²) in [7, 11) is -1.61. The molecule has 0 aliphatic carbocycles. The highest BCUT2D eigenvalue weighted by molar-refractivity contribution is 7.45. The van der Waals surface area contributed by atoms with Gasteiger partial charge in [0.15, 0.2) is 0 Å². The summed E-state index contributed by atoms with van der Waals surface area (Å²) < 4.78 is 20.3. The van der Waals surface area contributed by atoms with E-state index in [1.807, 2.05) is 0 Å². The van der Waals surface area contributed by atoms with Gasteiger partial charge >= 0.3 is 13.7 Å². The van der Waals surface area contributed by atoms with Crippen LogP contribution in [0.15, 0.2) is 12.2 Å². The topological polar surface area (TPSA) is 75.7 Å². The number of hydrogen-bond acceptors (Lipinski definition) is 5. The number of amides is 1. The second-order valence-electron chi connectivity index (χ2n) is 8.03. The molecule has 0 spiro atoms. The van der Waals surface area contributed by atoms with E-state index in [1.165, 1.54) is 65.5 Å². The maximum absolute atomic E-state index is 12.2. The van der Waals surface area contributed by atoms with Gasteiger partial charge in [-0.2, -0.15) is 0 Å². The molecule has 0 N–H and O–H groups in total. The van der Waals surface area contributed by atoms with E-state index < -0.39 is 12.5 Å². The zero-order valence-corrected chi connectivity index (χ0v) is 20.1. The van der Waals surface area contributed by atoms with Crippen molar-refractivity contribution in [1.29, 1.82) is 0 Å². The molecule has 0 saturated heterocycles. The molecule has 6 nitrogen and oxygen atoms in total. The second kappa shape index (κ2) is 17.2. The molecule has 0 saturated carbocycles. The first-order valence-corrected chi connectivity index (χ1v) is 12.9.